The number of carbonyl (C=O) groups is 1. The molecule has 0 unspecified atom stereocenters. The minimum absolute atomic E-state index is 0.0263. The van der Waals surface area contributed by atoms with Crippen molar-refractivity contribution < 1.29 is 9.90 Å². The SMILES string of the molecule is O=C(c1csc(I)c1)N1CCCc2cccc(O)c21. The fourth-order valence-electron chi connectivity index (χ4n) is 2.41. The average Bonchev–Trinajstić information content (AvgIpc) is 2.84. The second kappa shape index (κ2) is 5.13. The number of carbonyl (C=O) groups excluding carboxylic acids is 1. The van der Waals surface area contributed by atoms with Gasteiger partial charge in [0.1, 0.15) is 5.75 Å². The molecule has 3 rings (SSSR count). The second-order valence-electron chi connectivity index (χ2n) is 4.48. The summed E-state index contributed by atoms with van der Waals surface area (Å²) in [5.74, 6) is 0.164. The molecule has 0 atom stereocenters. The number of para-hydroxylation sites is 1. The van der Waals surface area contributed by atoms with Crippen molar-refractivity contribution in [3.8, 4) is 5.75 Å². The summed E-state index contributed by atoms with van der Waals surface area (Å²) in [4.78, 5) is 14.2. The highest BCUT2D eigenvalue weighted by Gasteiger charge is 2.26. The van der Waals surface area contributed by atoms with E-state index in [9.17, 15) is 9.90 Å². The number of hydrogen-bond donors (Lipinski definition) is 1. The molecule has 0 aliphatic carbocycles. The molecule has 5 heteroatoms. The maximum atomic E-state index is 12.5. The molecule has 2 heterocycles. The topological polar surface area (TPSA) is 40.5 Å². The highest BCUT2D eigenvalue weighted by Crippen LogP contribution is 2.36. The number of anilines is 1. The molecule has 19 heavy (non-hydrogen) atoms. The molecule has 0 fully saturated rings. The van der Waals surface area contributed by atoms with Crippen LogP contribution in [-0.2, 0) is 6.42 Å². The van der Waals surface area contributed by atoms with Gasteiger partial charge in [0.15, 0.2) is 0 Å². The van der Waals surface area contributed by atoms with E-state index >= 15 is 0 Å². The smallest absolute Gasteiger partial charge is 0.259 e. The summed E-state index contributed by atoms with van der Waals surface area (Å²) in [6.45, 7) is 0.663. The Bertz CT molecular complexity index is 638. The van der Waals surface area contributed by atoms with Crippen LogP contribution in [0.1, 0.15) is 22.3 Å². The monoisotopic (exact) mass is 385 g/mol. The molecule has 2 aromatic rings. The van der Waals surface area contributed by atoms with Crippen molar-refractivity contribution in [2.24, 2.45) is 0 Å². The van der Waals surface area contributed by atoms with Gasteiger partial charge in [0.2, 0.25) is 0 Å². The Balaban J connectivity index is 2.02. The first-order valence-corrected chi connectivity index (χ1v) is 7.99. The molecule has 1 amide bonds. The average molecular weight is 385 g/mol. The molecule has 1 aromatic heterocycles. The van der Waals surface area contributed by atoms with E-state index in [0.29, 0.717) is 17.8 Å². The molecule has 1 aliphatic heterocycles. The summed E-state index contributed by atoms with van der Waals surface area (Å²) in [5.41, 5.74) is 2.43. The Kier molecular flexibility index (Phi) is 3.49. The lowest BCUT2D eigenvalue weighted by atomic mass is 10.0. The zero-order chi connectivity index (χ0) is 13.4. The number of phenolic OH excluding ortho intramolecular Hbond substituents is 1. The number of aromatic hydroxyl groups is 1. The van der Waals surface area contributed by atoms with Crippen LogP contribution < -0.4 is 4.90 Å². The van der Waals surface area contributed by atoms with Crippen LogP contribution in [0.25, 0.3) is 0 Å². The van der Waals surface area contributed by atoms with E-state index in [1.54, 1.807) is 22.3 Å². The molecular formula is C14H12INO2S. The van der Waals surface area contributed by atoms with E-state index in [-0.39, 0.29) is 11.7 Å². The zero-order valence-corrected chi connectivity index (χ0v) is 13.1. The highest BCUT2D eigenvalue weighted by atomic mass is 127. The van der Waals surface area contributed by atoms with Gasteiger partial charge >= 0.3 is 0 Å². The van der Waals surface area contributed by atoms with Crippen LogP contribution in [0.3, 0.4) is 0 Å². The molecule has 1 aliphatic rings. The summed E-state index contributed by atoms with van der Waals surface area (Å²) >= 11 is 3.77. The van der Waals surface area contributed by atoms with Crippen molar-refractivity contribution >= 4 is 45.5 Å². The van der Waals surface area contributed by atoms with Crippen molar-refractivity contribution in [1.82, 2.24) is 0 Å². The van der Waals surface area contributed by atoms with Gasteiger partial charge in [0.05, 0.1) is 14.1 Å². The highest BCUT2D eigenvalue weighted by molar-refractivity contribution is 14.1. The molecule has 0 spiro atoms. The first kappa shape index (κ1) is 12.9. The molecule has 0 saturated heterocycles. The number of fused-ring (bicyclic) bond motifs is 1. The number of halogens is 1. The van der Waals surface area contributed by atoms with Gasteiger partial charge in [-0.1, -0.05) is 12.1 Å². The summed E-state index contributed by atoms with van der Waals surface area (Å²) in [7, 11) is 0. The summed E-state index contributed by atoms with van der Waals surface area (Å²) in [6.07, 6.45) is 1.85. The number of benzene rings is 1. The van der Waals surface area contributed by atoms with Gasteiger partial charge in [0, 0.05) is 11.9 Å². The summed E-state index contributed by atoms with van der Waals surface area (Å²) in [5, 5.41) is 11.9. The number of phenols is 1. The number of amides is 1. The van der Waals surface area contributed by atoms with Gasteiger partial charge in [-0.05, 0) is 53.1 Å². The van der Waals surface area contributed by atoms with Crippen LogP contribution in [0.5, 0.6) is 5.75 Å². The van der Waals surface area contributed by atoms with Gasteiger partial charge in [0.25, 0.3) is 5.91 Å². The fourth-order valence-corrected chi connectivity index (χ4v) is 3.73. The Labute approximate surface area is 129 Å². The third-order valence-corrected chi connectivity index (χ3v) is 5.04. The Morgan fingerprint density at radius 1 is 1.42 bits per heavy atom. The Morgan fingerprint density at radius 2 is 2.26 bits per heavy atom. The van der Waals surface area contributed by atoms with Crippen LogP contribution in [-0.4, -0.2) is 17.6 Å². The van der Waals surface area contributed by atoms with E-state index in [2.05, 4.69) is 22.6 Å². The maximum absolute atomic E-state index is 12.5. The van der Waals surface area contributed by atoms with Crippen molar-refractivity contribution in [1.29, 1.82) is 0 Å². The fraction of sp³-hybridized carbons (Fsp3) is 0.214. The lowest BCUT2D eigenvalue weighted by Gasteiger charge is -2.29. The third-order valence-electron chi connectivity index (χ3n) is 3.26. The molecule has 1 N–H and O–H groups in total. The number of rotatable bonds is 1. The quantitative estimate of drug-likeness (QED) is 0.762. The van der Waals surface area contributed by atoms with Gasteiger partial charge in [-0.3, -0.25) is 4.79 Å². The first-order valence-electron chi connectivity index (χ1n) is 6.03. The van der Waals surface area contributed by atoms with Crippen LogP contribution in [0.15, 0.2) is 29.6 Å². The first-order chi connectivity index (χ1) is 9.16. The molecule has 1 aromatic carbocycles. The van der Waals surface area contributed by atoms with Crippen LogP contribution in [0, 0.1) is 2.88 Å². The molecule has 0 radical (unpaired) electrons. The van der Waals surface area contributed by atoms with Gasteiger partial charge in [-0.25, -0.2) is 0 Å². The normalized spacial score (nSPS) is 14.3. The number of nitrogens with zero attached hydrogens (tertiary/aromatic N) is 1. The molecular weight excluding hydrogens is 373 g/mol. The zero-order valence-electron chi connectivity index (χ0n) is 10.1. The Morgan fingerprint density at radius 3 is 3.00 bits per heavy atom. The van der Waals surface area contributed by atoms with Crippen LogP contribution in [0.2, 0.25) is 0 Å². The second-order valence-corrected chi connectivity index (χ2v) is 7.29. The summed E-state index contributed by atoms with van der Waals surface area (Å²) in [6, 6.07) is 7.34. The van der Waals surface area contributed by atoms with Crippen molar-refractivity contribution in [2.45, 2.75) is 12.8 Å². The molecule has 98 valence electrons. The lowest BCUT2D eigenvalue weighted by Crippen LogP contribution is -2.35. The molecule has 3 nitrogen and oxygen atoms in total. The third kappa shape index (κ3) is 2.36. The van der Waals surface area contributed by atoms with E-state index in [1.165, 1.54) is 0 Å². The number of hydrogen-bond acceptors (Lipinski definition) is 3. The van der Waals surface area contributed by atoms with Crippen molar-refractivity contribution in [3.63, 3.8) is 0 Å². The van der Waals surface area contributed by atoms with Crippen molar-refractivity contribution in [2.75, 3.05) is 11.4 Å². The number of thiophene rings is 1. The van der Waals surface area contributed by atoms with Gasteiger partial charge in [-0.15, -0.1) is 11.3 Å². The largest absolute Gasteiger partial charge is 0.506 e. The van der Waals surface area contributed by atoms with Gasteiger partial charge in [-0.2, -0.15) is 0 Å². The predicted octanol–water partition coefficient (Wildman–Crippen LogP) is 3.65. The lowest BCUT2D eigenvalue weighted by molar-refractivity contribution is 0.0984. The number of aryl methyl sites for hydroxylation is 1. The van der Waals surface area contributed by atoms with E-state index < -0.39 is 0 Å². The van der Waals surface area contributed by atoms with E-state index in [4.69, 9.17) is 0 Å². The standard InChI is InChI=1S/C14H12INO2S/c15-12-7-10(8-19-12)14(18)16-6-2-4-9-3-1-5-11(17)13(9)16/h1,3,5,7-8,17H,2,4,6H2. The van der Waals surface area contributed by atoms with E-state index in [1.807, 2.05) is 23.6 Å². The van der Waals surface area contributed by atoms with Crippen LogP contribution >= 0.6 is 33.9 Å². The molecule has 0 saturated carbocycles. The van der Waals surface area contributed by atoms with E-state index in [0.717, 1.165) is 21.3 Å². The van der Waals surface area contributed by atoms with Gasteiger partial charge < -0.3 is 10.0 Å². The maximum Gasteiger partial charge on any atom is 0.259 e. The minimum Gasteiger partial charge on any atom is -0.506 e. The minimum atomic E-state index is -0.0263. The Hall–Kier alpha value is -1.08. The van der Waals surface area contributed by atoms with Crippen LogP contribution in [0.4, 0.5) is 5.69 Å². The predicted molar refractivity (Wildman–Crippen MR) is 85.1 cm³/mol. The molecule has 0 bridgehead atoms. The van der Waals surface area contributed by atoms with Crippen molar-refractivity contribution in [3.05, 3.63) is 43.7 Å². The summed E-state index contributed by atoms with van der Waals surface area (Å²) < 4.78 is 1.09.